The Bertz CT molecular complexity index is 771. The Morgan fingerprint density at radius 1 is 1.17 bits per heavy atom. The van der Waals surface area contributed by atoms with Crippen molar-refractivity contribution in [2.24, 2.45) is 0 Å². The monoisotopic (exact) mass is 424 g/mol. The number of nitriles is 1. The molecule has 1 aromatic rings. The van der Waals surface area contributed by atoms with Crippen molar-refractivity contribution in [3.05, 3.63) is 52.9 Å². The van der Waals surface area contributed by atoms with Crippen molar-refractivity contribution in [1.29, 1.82) is 5.26 Å². The van der Waals surface area contributed by atoms with Gasteiger partial charge in [-0.15, -0.1) is 0 Å². The molecular formula is C23H31F3N2O2. The molecule has 1 aliphatic heterocycles. The van der Waals surface area contributed by atoms with Crippen LogP contribution in [0.5, 0.6) is 0 Å². The zero-order valence-electron chi connectivity index (χ0n) is 18.2. The van der Waals surface area contributed by atoms with E-state index in [4.69, 9.17) is 10.4 Å². The Morgan fingerprint density at radius 2 is 1.67 bits per heavy atom. The molecule has 0 spiro atoms. The van der Waals surface area contributed by atoms with Gasteiger partial charge in [0.1, 0.15) is 11.9 Å². The largest absolute Gasteiger partial charge is 0.479 e. The van der Waals surface area contributed by atoms with Gasteiger partial charge in [-0.3, -0.25) is 0 Å². The minimum Gasteiger partial charge on any atom is -0.479 e. The first-order chi connectivity index (χ1) is 14.1. The first kappa shape index (κ1) is 27.2. The first-order valence-corrected chi connectivity index (χ1v) is 10.1. The Balaban J connectivity index is 0.000000648. The number of carboxylic acids is 1. The number of hydrogen-bond acceptors (Lipinski definition) is 3. The van der Waals surface area contributed by atoms with Crippen LogP contribution < -0.4 is 5.32 Å². The van der Waals surface area contributed by atoms with Gasteiger partial charge in [-0.2, -0.15) is 5.26 Å². The molecule has 0 aliphatic carbocycles. The molecule has 0 bridgehead atoms. The maximum Gasteiger partial charge on any atom is 0.330 e. The van der Waals surface area contributed by atoms with Crippen molar-refractivity contribution in [3.63, 3.8) is 0 Å². The number of allylic oxidation sites excluding steroid dienone is 2. The summed E-state index contributed by atoms with van der Waals surface area (Å²) in [5, 5.41) is 20.9. The number of carbonyl (C=O) groups is 1. The van der Waals surface area contributed by atoms with Crippen LogP contribution in [0, 0.1) is 17.1 Å². The summed E-state index contributed by atoms with van der Waals surface area (Å²) in [7, 11) is 0. The highest BCUT2D eigenvalue weighted by Gasteiger charge is 2.25. The van der Waals surface area contributed by atoms with Gasteiger partial charge < -0.3 is 10.4 Å². The number of alkyl halides is 2. The van der Waals surface area contributed by atoms with E-state index < -0.39 is 17.9 Å². The number of hydrogen-bond donors (Lipinski definition) is 2. The quantitative estimate of drug-likeness (QED) is 0.561. The van der Waals surface area contributed by atoms with Gasteiger partial charge in [0.2, 0.25) is 5.92 Å². The zero-order valence-corrected chi connectivity index (χ0v) is 18.2. The third-order valence-corrected chi connectivity index (χ3v) is 4.16. The lowest BCUT2D eigenvalue weighted by Crippen LogP contribution is -2.36. The van der Waals surface area contributed by atoms with Crippen LogP contribution in [0.25, 0.3) is 5.70 Å². The first-order valence-electron chi connectivity index (χ1n) is 10.1. The number of aliphatic carboxylic acids is 1. The van der Waals surface area contributed by atoms with Crippen molar-refractivity contribution in [3.8, 4) is 6.07 Å². The summed E-state index contributed by atoms with van der Waals surface area (Å²) in [6, 6.07) is 6.68. The maximum atomic E-state index is 12.9. The summed E-state index contributed by atoms with van der Waals surface area (Å²) in [6.07, 6.45) is 2.60. The van der Waals surface area contributed by atoms with Gasteiger partial charge in [0.05, 0.1) is 11.6 Å². The normalized spacial score (nSPS) is 15.4. The molecule has 1 heterocycles. The van der Waals surface area contributed by atoms with Crippen molar-refractivity contribution >= 4 is 11.7 Å². The molecule has 2 rings (SSSR count). The van der Waals surface area contributed by atoms with Crippen molar-refractivity contribution in [1.82, 2.24) is 5.32 Å². The standard InChI is InChI=1S/C14H11FN2O2.C7H14F2.C2H6/c1-8-10(7-16)6-12(14(18)19)17-13(8)9-2-4-11(15)5-3-9;1-3-5-7(8,9)6-4-2;1-2/h2-6,12,17H,1H3,(H,18,19);3-6H2,1-2H3;1-2H3. The van der Waals surface area contributed by atoms with Gasteiger partial charge in [0, 0.05) is 18.5 Å². The predicted octanol–water partition coefficient (Wildman–Crippen LogP) is 6.31. The highest BCUT2D eigenvalue weighted by Crippen LogP contribution is 2.26. The molecule has 4 nitrogen and oxygen atoms in total. The molecule has 0 amide bonds. The molecule has 1 aromatic carbocycles. The van der Waals surface area contributed by atoms with Crippen molar-refractivity contribution < 1.29 is 23.1 Å². The minimum absolute atomic E-state index is 0.0425. The highest BCUT2D eigenvalue weighted by atomic mass is 19.3. The molecule has 1 aliphatic rings. The third-order valence-electron chi connectivity index (χ3n) is 4.16. The second kappa shape index (κ2) is 13.5. The topological polar surface area (TPSA) is 73.1 Å². The fraction of sp³-hybridized carbons (Fsp3) is 0.478. The van der Waals surface area contributed by atoms with Gasteiger partial charge in [-0.05, 0) is 48.4 Å². The molecule has 2 N–H and O–H groups in total. The van der Waals surface area contributed by atoms with E-state index in [1.54, 1.807) is 32.9 Å². The van der Waals surface area contributed by atoms with Crippen LogP contribution in [0.1, 0.15) is 65.9 Å². The maximum absolute atomic E-state index is 12.9. The van der Waals surface area contributed by atoms with Gasteiger partial charge in [0.15, 0.2) is 0 Å². The molecule has 1 atom stereocenters. The van der Waals surface area contributed by atoms with Crippen molar-refractivity contribution in [2.75, 3.05) is 0 Å². The summed E-state index contributed by atoms with van der Waals surface area (Å²) in [5.74, 6) is -3.84. The fourth-order valence-electron chi connectivity index (χ4n) is 2.76. The second-order valence-electron chi connectivity index (χ2n) is 6.52. The van der Waals surface area contributed by atoms with E-state index in [1.807, 2.05) is 19.9 Å². The fourth-order valence-corrected chi connectivity index (χ4v) is 2.76. The Hall–Kier alpha value is -2.75. The van der Waals surface area contributed by atoms with Crippen LogP contribution in [0.3, 0.4) is 0 Å². The van der Waals surface area contributed by atoms with E-state index >= 15 is 0 Å². The Kier molecular flexibility index (Phi) is 12.2. The molecule has 0 saturated carbocycles. The molecule has 7 heteroatoms. The Morgan fingerprint density at radius 3 is 2.07 bits per heavy atom. The van der Waals surface area contributed by atoms with E-state index in [2.05, 4.69) is 5.32 Å². The van der Waals surface area contributed by atoms with E-state index in [9.17, 15) is 18.0 Å². The lowest BCUT2D eigenvalue weighted by atomic mass is 9.95. The minimum atomic E-state index is -2.40. The van der Waals surface area contributed by atoms with Crippen LogP contribution in [0.4, 0.5) is 13.2 Å². The smallest absolute Gasteiger partial charge is 0.330 e. The summed E-state index contributed by atoms with van der Waals surface area (Å²) < 4.78 is 37.8. The van der Waals surface area contributed by atoms with Gasteiger partial charge in [-0.25, -0.2) is 18.0 Å². The average Bonchev–Trinajstić information content (AvgIpc) is 2.70. The zero-order chi connectivity index (χ0) is 23.3. The van der Waals surface area contributed by atoms with Gasteiger partial charge in [-0.1, -0.05) is 40.5 Å². The summed E-state index contributed by atoms with van der Waals surface area (Å²) >= 11 is 0. The summed E-state index contributed by atoms with van der Waals surface area (Å²) in [4.78, 5) is 11.1. The molecule has 0 fully saturated rings. The number of halogens is 3. The number of benzene rings is 1. The predicted molar refractivity (Wildman–Crippen MR) is 113 cm³/mol. The van der Waals surface area contributed by atoms with E-state index in [0.717, 1.165) is 0 Å². The molecule has 30 heavy (non-hydrogen) atoms. The SMILES string of the molecule is CC.CC1=C(c2ccc(F)cc2)NC(C(=O)O)C=C1C#N.CCCC(F)(F)CCC. The second-order valence-corrected chi connectivity index (χ2v) is 6.52. The number of carboxylic acid groups (broad SMARTS) is 1. The average molecular weight is 425 g/mol. The molecule has 0 radical (unpaired) electrons. The van der Waals surface area contributed by atoms with Crippen molar-refractivity contribution in [2.45, 2.75) is 72.3 Å². The molecule has 0 saturated heterocycles. The highest BCUT2D eigenvalue weighted by molar-refractivity contribution is 5.84. The summed E-state index contributed by atoms with van der Waals surface area (Å²) in [5.41, 5.74) is 2.13. The van der Waals surface area contributed by atoms with Crippen LogP contribution in [-0.2, 0) is 4.79 Å². The molecule has 1 unspecified atom stereocenters. The lowest BCUT2D eigenvalue weighted by molar-refractivity contribution is -0.137. The third kappa shape index (κ3) is 8.73. The number of nitrogens with zero attached hydrogens (tertiary/aromatic N) is 1. The number of rotatable bonds is 6. The van der Waals surface area contributed by atoms with Gasteiger partial charge >= 0.3 is 5.97 Å². The number of dihydropyridines is 1. The van der Waals surface area contributed by atoms with Crippen LogP contribution in [0.15, 0.2) is 41.5 Å². The molecule has 0 aromatic heterocycles. The molecular weight excluding hydrogens is 393 g/mol. The van der Waals surface area contributed by atoms with Gasteiger partial charge in [0.25, 0.3) is 0 Å². The van der Waals surface area contributed by atoms with Crippen LogP contribution in [0.2, 0.25) is 0 Å². The Labute approximate surface area is 177 Å². The molecule has 166 valence electrons. The van der Waals surface area contributed by atoms with E-state index in [1.165, 1.54) is 18.2 Å². The van der Waals surface area contributed by atoms with E-state index in [0.29, 0.717) is 35.2 Å². The van der Waals surface area contributed by atoms with Crippen LogP contribution in [-0.4, -0.2) is 23.0 Å². The van der Waals surface area contributed by atoms with Crippen LogP contribution >= 0.6 is 0 Å². The lowest BCUT2D eigenvalue weighted by Gasteiger charge is -2.23. The summed E-state index contributed by atoms with van der Waals surface area (Å²) in [6.45, 7) is 9.28. The van der Waals surface area contributed by atoms with E-state index in [-0.39, 0.29) is 18.7 Å². The number of nitrogens with one attached hydrogen (secondary N) is 1.